The van der Waals surface area contributed by atoms with Crippen molar-refractivity contribution >= 4 is 39.8 Å². The van der Waals surface area contributed by atoms with Crippen LogP contribution in [0.1, 0.15) is 30.4 Å². The number of hydrogen-bond acceptors (Lipinski definition) is 4. The monoisotopic (exact) mass is 551 g/mol. The minimum Gasteiger partial charge on any atom is -0.379 e. The number of alkyl halides is 3. The lowest BCUT2D eigenvalue weighted by atomic mass is 9.96. The Morgan fingerprint density at radius 3 is 2.45 bits per heavy atom. The van der Waals surface area contributed by atoms with Crippen LogP contribution in [0.4, 0.5) is 13.2 Å². The molecule has 0 spiro atoms. The zero-order valence-electron chi connectivity index (χ0n) is 16.8. The van der Waals surface area contributed by atoms with Crippen LogP contribution in [0.5, 0.6) is 0 Å². The van der Waals surface area contributed by atoms with E-state index in [1.807, 2.05) is 6.92 Å². The third-order valence-electron chi connectivity index (χ3n) is 4.01. The van der Waals surface area contributed by atoms with E-state index in [4.69, 9.17) is 4.74 Å². The maximum absolute atomic E-state index is 12.8. The molecule has 29 heavy (non-hydrogen) atoms. The summed E-state index contributed by atoms with van der Waals surface area (Å²) >= 11 is 0. The second kappa shape index (κ2) is 13.3. The first-order valence-electron chi connectivity index (χ1n) is 8.90. The van der Waals surface area contributed by atoms with Crippen LogP contribution in [0.3, 0.4) is 0 Å². The van der Waals surface area contributed by atoms with Gasteiger partial charge < -0.3 is 15.4 Å². The molecule has 168 valence electrons. The summed E-state index contributed by atoms with van der Waals surface area (Å²) in [7, 11) is -1.42. The van der Waals surface area contributed by atoms with Crippen LogP contribution in [-0.2, 0) is 20.8 Å². The molecule has 0 amide bonds. The number of aliphatic imine (C=N–C) groups is 1. The molecule has 1 rings (SSSR count). The van der Waals surface area contributed by atoms with Gasteiger partial charge in [-0.3, -0.25) is 4.99 Å². The second-order valence-corrected chi connectivity index (χ2v) is 8.74. The highest BCUT2D eigenvalue weighted by Crippen LogP contribution is 2.31. The van der Waals surface area contributed by atoms with E-state index in [-0.39, 0.29) is 42.3 Å². The fourth-order valence-electron chi connectivity index (χ4n) is 2.37. The smallest absolute Gasteiger partial charge is 0.379 e. The Bertz CT molecular complexity index is 743. The predicted octanol–water partition coefficient (Wildman–Crippen LogP) is 3.04. The average Bonchev–Trinajstić information content (AvgIpc) is 2.61. The molecule has 1 atom stereocenters. The Hall–Kier alpha value is -1.08. The van der Waals surface area contributed by atoms with Gasteiger partial charge in [0.05, 0.1) is 24.5 Å². The van der Waals surface area contributed by atoms with Crippen molar-refractivity contribution in [3.8, 4) is 0 Å². The normalized spacial score (nSPS) is 13.5. The Morgan fingerprint density at radius 2 is 1.86 bits per heavy atom. The Labute approximate surface area is 187 Å². The highest BCUT2D eigenvalue weighted by atomic mass is 127. The predicted molar refractivity (Wildman–Crippen MR) is 120 cm³/mol. The number of guanidine groups is 1. The fraction of sp³-hybridized carbons (Fsp3) is 0.611. The quantitative estimate of drug-likeness (QED) is 0.202. The van der Waals surface area contributed by atoms with E-state index in [1.54, 1.807) is 13.1 Å². The van der Waals surface area contributed by atoms with E-state index in [0.717, 1.165) is 12.3 Å². The molecule has 0 aliphatic carbocycles. The highest BCUT2D eigenvalue weighted by molar-refractivity contribution is 14.0. The minimum atomic E-state index is -4.34. The SMILES string of the molecule is CN=C(NCCOCCS(C)(=O)=O)NCCC(C)c1cccc(C(F)(F)F)c1.I. The summed E-state index contributed by atoms with van der Waals surface area (Å²) in [5.74, 6) is 0.475. The van der Waals surface area contributed by atoms with Crippen molar-refractivity contribution in [2.24, 2.45) is 4.99 Å². The number of sulfone groups is 1. The number of nitrogens with zero attached hydrogens (tertiary/aromatic N) is 1. The summed E-state index contributed by atoms with van der Waals surface area (Å²) in [6.45, 7) is 3.33. The van der Waals surface area contributed by atoms with Crippen LogP contribution in [0.25, 0.3) is 0 Å². The number of nitrogens with one attached hydrogen (secondary N) is 2. The summed E-state index contributed by atoms with van der Waals surface area (Å²) in [6, 6.07) is 5.37. The molecule has 0 radical (unpaired) electrons. The molecule has 6 nitrogen and oxygen atoms in total. The van der Waals surface area contributed by atoms with Gasteiger partial charge in [-0.1, -0.05) is 25.1 Å². The van der Waals surface area contributed by atoms with Crippen molar-refractivity contribution < 1.29 is 26.3 Å². The van der Waals surface area contributed by atoms with Gasteiger partial charge in [0, 0.05) is 26.4 Å². The van der Waals surface area contributed by atoms with Crippen LogP contribution in [0.2, 0.25) is 0 Å². The van der Waals surface area contributed by atoms with Crippen molar-refractivity contribution in [3.05, 3.63) is 35.4 Å². The molecule has 0 saturated heterocycles. The molecule has 0 aromatic heterocycles. The van der Waals surface area contributed by atoms with Crippen molar-refractivity contribution in [2.75, 3.05) is 45.4 Å². The topological polar surface area (TPSA) is 79.8 Å². The van der Waals surface area contributed by atoms with E-state index >= 15 is 0 Å². The number of benzene rings is 1. The molecule has 1 aromatic carbocycles. The van der Waals surface area contributed by atoms with E-state index in [0.29, 0.717) is 37.6 Å². The van der Waals surface area contributed by atoms with Gasteiger partial charge in [-0.2, -0.15) is 13.2 Å². The van der Waals surface area contributed by atoms with E-state index in [1.165, 1.54) is 12.1 Å². The van der Waals surface area contributed by atoms with Gasteiger partial charge in [-0.15, -0.1) is 24.0 Å². The third kappa shape index (κ3) is 12.3. The Morgan fingerprint density at radius 1 is 1.21 bits per heavy atom. The summed E-state index contributed by atoms with van der Waals surface area (Å²) in [5, 5.41) is 6.12. The molecule has 0 fully saturated rings. The van der Waals surface area contributed by atoms with E-state index < -0.39 is 21.6 Å². The summed E-state index contributed by atoms with van der Waals surface area (Å²) in [6.07, 6.45) is -2.56. The standard InChI is InChI=1S/C18H28F3N3O3S.HI/c1-14(15-5-4-6-16(13-15)18(19,20)21)7-8-23-17(22-2)24-9-10-27-11-12-28(3,25)26;/h4-6,13-14H,7-12H2,1-3H3,(H2,22,23,24);1H. The van der Waals surface area contributed by atoms with Gasteiger partial charge >= 0.3 is 6.18 Å². The highest BCUT2D eigenvalue weighted by Gasteiger charge is 2.30. The first-order valence-corrected chi connectivity index (χ1v) is 11.0. The Kier molecular flexibility index (Phi) is 12.8. The molecule has 1 aromatic rings. The van der Waals surface area contributed by atoms with Crippen LogP contribution < -0.4 is 10.6 Å². The molecule has 11 heteroatoms. The summed E-state index contributed by atoms with van der Waals surface area (Å²) in [5.41, 5.74) is -0.00277. The fourth-order valence-corrected chi connectivity index (χ4v) is 2.79. The van der Waals surface area contributed by atoms with Gasteiger partial charge in [0.25, 0.3) is 0 Å². The van der Waals surface area contributed by atoms with Crippen molar-refractivity contribution in [2.45, 2.75) is 25.4 Å². The molecule has 0 heterocycles. The number of ether oxygens (including phenoxy) is 1. The molecule has 2 N–H and O–H groups in total. The summed E-state index contributed by atoms with van der Waals surface area (Å²) in [4.78, 5) is 4.06. The molecule has 0 aliphatic heterocycles. The van der Waals surface area contributed by atoms with Crippen LogP contribution >= 0.6 is 24.0 Å². The second-order valence-electron chi connectivity index (χ2n) is 6.48. The van der Waals surface area contributed by atoms with Gasteiger partial charge in [-0.05, 0) is 24.0 Å². The maximum Gasteiger partial charge on any atom is 0.416 e. The van der Waals surface area contributed by atoms with Crippen LogP contribution in [0.15, 0.2) is 29.3 Å². The van der Waals surface area contributed by atoms with Crippen LogP contribution in [-0.4, -0.2) is 59.7 Å². The summed E-state index contributed by atoms with van der Waals surface area (Å²) < 4.78 is 65.6. The van der Waals surface area contributed by atoms with Crippen LogP contribution in [0, 0.1) is 0 Å². The lowest BCUT2D eigenvalue weighted by Gasteiger charge is -2.16. The first-order chi connectivity index (χ1) is 13.0. The Balaban J connectivity index is 0.00000784. The molecular weight excluding hydrogens is 522 g/mol. The number of rotatable bonds is 10. The minimum absolute atomic E-state index is 0. The van der Waals surface area contributed by atoms with Gasteiger partial charge in [0.15, 0.2) is 5.96 Å². The lowest BCUT2D eigenvalue weighted by molar-refractivity contribution is -0.137. The molecule has 0 bridgehead atoms. The maximum atomic E-state index is 12.8. The molecule has 1 unspecified atom stereocenters. The zero-order valence-corrected chi connectivity index (χ0v) is 19.9. The van der Waals surface area contributed by atoms with Crippen molar-refractivity contribution in [1.82, 2.24) is 10.6 Å². The molecule has 0 aliphatic rings. The van der Waals surface area contributed by atoms with Crippen molar-refractivity contribution in [3.63, 3.8) is 0 Å². The number of halogens is 4. The molecule has 0 saturated carbocycles. The van der Waals surface area contributed by atoms with Gasteiger partial charge in [0.1, 0.15) is 9.84 Å². The van der Waals surface area contributed by atoms with E-state index in [2.05, 4.69) is 15.6 Å². The van der Waals surface area contributed by atoms with Crippen molar-refractivity contribution in [1.29, 1.82) is 0 Å². The van der Waals surface area contributed by atoms with Gasteiger partial charge in [0.2, 0.25) is 0 Å². The first kappa shape index (κ1) is 27.9. The lowest BCUT2D eigenvalue weighted by Crippen LogP contribution is -2.39. The van der Waals surface area contributed by atoms with E-state index in [9.17, 15) is 21.6 Å². The number of hydrogen-bond donors (Lipinski definition) is 2. The third-order valence-corrected chi connectivity index (χ3v) is 4.92. The average molecular weight is 551 g/mol. The zero-order chi connectivity index (χ0) is 21.2. The van der Waals surface area contributed by atoms with Gasteiger partial charge in [-0.25, -0.2) is 8.42 Å². The molecular formula is C18H29F3IN3O3S. The largest absolute Gasteiger partial charge is 0.416 e.